The van der Waals surface area contributed by atoms with Crippen LogP contribution in [0.1, 0.15) is 24.4 Å². The van der Waals surface area contributed by atoms with Crippen LogP contribution in [0.2, 0.25) is 10.0 Å². The number of hydrogen-bond acceptors (Lipinski definition) is 2. The van der Waals surface area contributed by atoms with Crippen molar-refractivity contribution in [3.63, 3.8) is 0 Å². The first-order valence-electron chi connectivity index (χ1n) is 4.60. The van der Waals surface area contributed by atoms with E-state index >= 15 is 0 Å². The van der Waals surface area contributed by atoms with Crippen LogP contribution in [0.5, 0.6) is 5.75 Å². The van der Waals surface area contributed by atoms with Crippen molar-refractivity contribution in [2.24, 2.45) is 0 Å². The summed E-state index contributed by atoms with van der Waals surface area (Å²) in [6.07, 6.45) is 2.26. The van der Waals surface area contributed by atoms with Gasteiger partial charge in [-0.3, -0.25) is 0 Å². The highest BCUT2D eigenvalue weighted by molar-refractivity contribution is 6.37. The molecule has 0 radical (unpaired) electrons. The summed E-state index contributed by atoms with van der Waals surface area (Å²) in [4.78, 5) is 0. The molecule has 2 N–H and O–H groups in total. The van der Waals surface area contributed by atoms with E-state index in [-0.39, 0.29) is 5.75 Å². The second-order valence-electron chi connectivity index (χ2n) is 3.48. The van der Waals surface area contributed by atoms with Gasteiger partial charge in [0.15, 0.2) is 5.75 Å². The zero-order valence-corrected chi connectivity index (χ0v) is 9.07. The van der Waals surface area contributed by atoms with E-state index < -0.39 is 0 Å². The molecule has 1 aliphatic heterocycles. The number of phenols is 1. The highest BCUT2D eigenvalue weighted by Gasteiger charge is 2.18. The summed E-state index contributed by atoms with van der Waals surface area (Å²) >= 11 is 11.7. The van der Waals surface area contributed by atoms with Gasteiger partial charge in [0.2, 0.25) is 0 Å². The quantitative estimate of drug-likeness (QED) is 0.779. The largest absolute Gasteiger partial charge is 0.505 e. The molecule has 1 heterocycles. The summed E-state index contributed by atoms with van der Waals surface area (Å²) in [5, 5.41) is 13.4. The molecule has 2 nitrogen and oxygen atoms in total. The SMILES string of the molecule is Oc1c(Cl)cc([C@@H]2CCCN2)cc1Cl. The Morgan fingerprint density at radius 3 is 2.43 bits per heavy atom. The molecule has 0 unspecified atom stereocenters. The maximum Gasteiger partial charge on any atom is 0.152 e. The van der Waals surface area contributed by atoms with Crippen LogP contribution in [-0.2, 0) is 0 Å². The summed E-state index contributed by atoms with van der Waals surface area (Å²) in [5.74, 6) is -0.0323. The third kappa shape index (κ3) is 1.83. The van der Waals surface area contributed by atoms with Crippen molar-refractivity contribution in [1.82, 2.24) is 5.32 Å². The van der Waals surface area contributed by atoms with Crippen LogP contribution >= 0.6 is 23.2 Å². The van der Waals surface area contributed by atoms with Crippen LogP contribution in [0, 0.1) is 0 Å². The first kappa shape index (κ1) is 10.1. The van der Waals surface area contributed by atoms with Gasteiger partial charge in [0, 0.05) is 6.04 Å². The van der Waals surface area contributed by atoms with Crippen molar-refractivity contribution >= 4 is 23.2 Å². The standard InChI is InChI=1S/C10H11Cl2NO/c11-7-4-6(5-8(12)10(7)14)9-2-1-3-13-9/h4-5,9,13-14H,1-3H2/t9-/m0/s1. The predicted molar refractivity (Wildman–Crippen MR) is 58.1 cm³/mol. The molecule has 76 valence electrons. The van der Waals surface area contributed by atoms with Crippen LogP contribution in [0.4, 0.5) is 0 Å². The smallest absolute Gasteiger partial charge is 0.152 e. The van der Waals surface area contributed by atoms with Crippen LogP contribution in [-0.4, -0.2) is 11.7 Å². The number of halogens is 2. The zero-order chi connectivity index (χ0) is 10.1. The summed E-state index contributed by atoms with van der Waals surface area (Å²) in [6, 6.07) is 3.86. The van der Waals surface area contributed by atoms with E-state index in [2.05, 4.69) is 5.32 Å². The van der Waals surface area contributed by atoms with Gasteiger partial charge in [-0.2, -0.15) is 0 Å². The second kappa shape index (κ2) is 3.97. The van der Waals surface area contributed by atoms with Crippen molar-refractivity contribution in [1.29, 1.82) is 0 Å². The summed E-state index contributed by atoms with van der Waals surface area (Å²) < 4.78 is 0. The molecule has 0 aliphatic carbocycles. The Balaban J connectivity index is 2.34. The van der Waals surface area contributed by atoms with Gasteiger partial charge in [-0.05, 0) is 37.1 Å². The van der Waals surface area contributed by atoms with E-state index in [0.717, 1.165) is 18.5 Å². The molecule has 2 rings (SSSR count). The monoisotopic (exact) mass is 231 g/mol. The number of rotatable bonds is 1. The lowest BCUT2D eigenvalue weighted by Gasteiger charge is -2.12. The van der Waals surface area contributed by atoms with Crippen molar-refractivity contribution in [3.05, 3.63) is 27.7 Å². The molecule has 0 saturated carbocycles. The molecule has 1 atom stereocenters. The molecule has 0 spiro atoms. The van der Waals surface area contributed by atoms with Gasteiger partial charge in [0.1, 0.15) is 0 Å². The second-order valence-corrected chi connectivity index (χ2v) is 4.30. The van der Waals surface area contributed by atoms with E-state index in [1.165, 1.54) is 6.42 Å². The predicted octanol–water partition coefficient (Wildman–Crippen LogP) is 3.12. The molecule has 4 heteroatoms. The molecular formula is C10H11Cl2NO. The normalized spacial score (nSPS) is 21.4. The van der Waals surface area contributed by atoms with Crippen LogP contribution < -0.4 is 5.32 Å². The van der Waals surface area contributed by atoms with Crippen molar-refractivity contribution < 1.29 is 5.11 Å². The van der Waals surface area contributed by atoms with Gasteiger partial charge in [0.05, 0.1) is 10.0 Å². The van der Waals surface area contributed by atoms with Crippen molar-refractivity contribution in [2.45, 2.75) is 18.9 Å². The van der Waals surface area contributed by atoms with E-state index in [1.807, 2.05) is 0 Å². The van der Waals surface area contributed by atoms with Gasteiger partial charge in [-0.15, -0.1) is 0 Å². The van der Waals surface area contributed by atoms with Crippen molar-refractivity contribution in [3.8, 4) is 5.75 Å². The molecule has 1 aromatic carbocycles. The third-order valence-corrected chi connectivity index (χ3v) is 3.08. The first-order valence-corrected chi connectivity index (χ1v) is 5.35. The summed E-state index contributed by atoms with van der Waals surface area (Å²) in [7, 11) is 0. The van der Waals surface area contributed by atoms with E-state index in [1.54, 1.807) is 12.1 Å². The van der Waals surface area contributed by atoms with E-state index in [4.69, 9.17) is 23.2 Å². The Morgan fingerprint density at radius 1 is 1.29 bits per heavy atom. The van der Waals surface area contributed by atoms with Gasteiger partial charge < -0.3 is 10.4 Å². The molecule has 1 aliphatic rings. The van der Waals surface area contributed by atoms with Crippen molar-refractivity contribution in [2.75, 3.05) is 6.54 Å². The fourth-order valence-corrected chi connectivity index (χ4v) is 2.26. The maximum absolute atomic E-state index is 9.39. The lowest BCUT2D eigenvalue weighted by Crippen LogP contribution is -2.12. The van der Waals surface area contributed by atoms with Gasteiger partial charge >= 0.3 is 0 Å². The van der Waals surface area contributed by atoms with E-state index in [9.17, 15) is 5.11 Å². The Morgan fingerprint density at radius 2 is 1.93 bits per heavy atom. The molecule has 1 aromatic rings. The molecule has 14 heavy (non-hydrogen) atoms. The molecular weight excluding hydrogens is 221 g/mol. The Kier molecular flexibility index (Phi) is 2.86. The number of benzene rings is 1. The van der Waals surface area contributed by atoms with Gasteiger partial charge in [-0.25, -0.2) is 0 Å². The molecule has 1 saturated heterocycles. The third-order valence-electron chi connectivity index (χ3n) is 2.50. The highest BCUT2D eigenvalue weighted by atomic mass is 35.5. The van der Waals surface area contributed by atoms with Gasteiger partial charge in [-0.1, -0.05) is 23.2 Å². The number of hydrogen-bond donors (Lipinski definition) is 2. The van der Waals surface area contributed by atoms with E-state index in [0.29, 0.717) is 16.1 Å². The lowest BCUT2D eigenvalue weighted by molar-refractivity contribution is 0.475. The maximum atomic E-state index is 9.39. The minimum absolute atomic E-state index is 0.0323. The highest BCUT2D eigenvalue weighted by Crippen LogP contribution is 2.36. The number of aromatic hydroxyl groups is 1. The summed E-state index contributed by atoms with van der Waals surface area (Å²) in [5.41, 5.74) is 1.05. The first-order chi connectivity index (χ1) is 6.68. The minimum Gasteiger partial charge on any atom is -0.505 e. The summed E-state index contributed by atoms with van der Waals surface area (Å²) in [6.45, 7) is 1.03. The molecule has 1 fully saturated rings. The average Bonchev–Trinajstić information content (AvgIpc) is 2.66. The fraction of sp³-hybridized carbons (Fsp3) is 0.400. The number of nitrogens with one attached hydrogen (secondary N) is 1. The van der Waals surface area contributed by atoms with Crippen LogP contribution in [0.25, 0.3) is 0 Å². The number of phenolic OH excluding ortho intramolecular Hbond substituents is 1. The minimum atomic E-state index is -0.0323. The average molecular weight is 232 g/mol. The van der Waals surface area contributed by atoms with Crippen LogP contribution in [0.3, 0.4) is 0 Å². The lowest BCUT2D eigenvalue weighted by atomic mass is 10.1. The topological polar surface area (TPSA) is 32.3 Å². The molecule has 0 aromatic heterocycles. The van der Waals surface area contributed by atoms with Gasteiger partial charge in [0.25, 0.3) is 0 Å². The molecule has 0 bridgehead atoms. The zero-order valence-electron chi connectivity index (χ0n) is 7.56. The Hall–Kier alpha value is -0.440. The molecule has 0 amide bonds. The Labute approximate surface area is 92.8 Å². The Bertz CT molecular complexity index is 325. The van der Waals surface area contributed by atoms with Crippen LogP contribution in [0.15, 0.2) is 12.1 Å². The fourth-order valence-electron chi connectivity index (χ4n) is 1.76.